The van der Waals surface area contributed by atoms with Gasteiger partial charge in [0.15, 0.2) is 5.82 Å². The van der Waals surface area contributed by atoms with E-state index in [0.717, 1.165) is 33.1 Å². The molecule has 5 aromatic rings. The van der Waals surface area contributed by atoms with E-state index in [4.69, 9.17) is 4.98 Å². The second kappa shape index (κ2) is 6.35. The van der Waals surface area contributed by atoms with Crippen molar-refractivity contribution in [2.75, 3.05) is 5.32 Å². The quantitative estimate of drug-likeness (QED) is 0.486. The summed E-state index contributed by atoms with van der Waals surface area (Å²) in [5.74, 6) is 1.46. The number of nitrogens with one attached hydrogen (secondary N) is 1. The van der Waals surface area contributed by atoms with Crippen LogP contribution < -0.4 is 5.32 Å². The normalized spacial score (nSPS) is 11.2. The average Bonchev–Trinajstić information content (AvgIpc) is 3.08. The van der Waals surface area contributed by atoms with Crippen molar-refractivity contribution in [1.82, 2.24) is 19.7 Å². The number of aryl methyl sites for hydroxylation is 1. The Balaban J connectivity index is 1.64. The topological polar surface area (TPSA) is 75.9 Å². The maximum absolute atomic E-state index is 9.82. The van der Waals surface area contributed by atoms with Gasteiger partial charge < -0.3 is 10.4 Å². The van der Waals surface area contributed by atoms with Crippen molar-refractivity contribution in [2.24, 2.45) is 7.05 Å². The van der Waals surface area contributed by atoms with Crippen LogP contribution in [0.25, 0.3) is 33.2 Å². The third kappa shape index (κ3) is 2.81. The van der Waals surface area contributed by atoms with Crippen LogP contribution in [0.4, 0.5) is 11.5 Å². The van der Waals surface area contributed by atoms with Gasteiger partial charge in [-0.2, -0.15) is 5.10 Å². The van der Waals surface area contributed by atoms with E-state index in [-0.39, 0.29) is 5.75 Å². The van der Waals surface area contributed by atoms with Crippen LogP contribution in [0.5, 0.6) is 5.75 Å². The Bertz CT molecular complexity index is 1330. The van der Waals surface area contributed by atoms with Gasteiger partial charge >= 0.3 is 0 Å². The number of nitrogens with zero attached hydrogens (tertiary/aromatic N) is 4. The minimum Gasteiger partial charge on any atom is -0.508 e. The van der Waals surface area contributed by atoms with Crippen molar-refractivity contribution in [2.45, 2.75) is 0 Å². The molecule has 136 valence electrons. The van der Waals surface area contributed by atoms with E-state index in [1.165, 1.54) is 0 Å². The average molecular weight is 367 g/mol. The van der Waals surface area contributed by atoms with E-state index in [9.17, 15) is 5.11 Å². The number of hydrogen-bond acceptors (Lipinski definition) is 5. The zero-order valence-electron chi connectivity index (χ0n) is 15.2. The maximum atomic E-state index is 9.82. The van der Waals surface area contributed by atoms with Gasteiger partial charge in [-0.3, -0.25) is 4.68 Å². The molecule has 0 saturated heterocycles. The maximum Gasteiger partial charge on any atom is 0.162 e. The van der Waals surface area contributed by atoms with Gasteiger partial charge in [0.25, 0.3) is 0 Å². The second-order valence-corrected chi connectivity index (χ2v) is 6.63. The van der Waals surface area contributed by atoms with E-state index in [1.807, 2.05) is 66.5 Å². The molecule has 5 rings (SSSR count). The Morgan fingerprint density at radius 1 is 0.929 bits per heavy atom. The van der Waals surface area contributed by atoms with Crippen LogP contribution in [0.2, 0.25) is 0 Å². The molecule has 0 radical (unpaired) electrons. The van der Waals surface area contributed by atoms with Crippen molar-refractivity contribution >= 4 is 33.3 Å². The fourth-order valence-corrected chi connectivity index (χ4v) is 3.32. The molecule has 0 aliphatic rings. The monoisotopic (exact) mass is 367 g/mol. The highest BCUT2D eigenvalue weighted by Gasteiger charge is 2.11. The minimum atomic E-state index is 0.186. The van der Waals surface area contributed by atoms with Gasteiger partial charge in [0.05, 0.1) is 17.2 Å². The van der Waals surface area contributed by atoms with Crippen LogP contribution >= 0.6 is 0 Å². The van der Waals surface area contributed by atoms with Gasteiger partial charge in [-0.15, -0.1) is 0 Å². The first-order valence-corrected chi connectivity index (χ1v) is 8.92. The molecular weight excluding hydrogens is 350 g/mol. The van der Waals surface area contributed by atoms with Gasteiger partial charge in [-0.1, -0.05) is 24.3 Å². The van der Waals surface area contributed by atoms with Crippen LogP contribution in [0.3, 0.4) is 0 Å². The summed E-state index contributed by atoms with van der Waals surface area (Å²) in [5, 5.41) is 19.5. The molecule has 0 saturated carbocycles. The van der Waals surface area contributed by atoms with Crippen LogP contribution in [0.15, 0.2) is 72.9 Å². The Hall–Kier alpha value is -3.93. The summed E-state index contributed by atoms with van der Waals surface area (Å²) < 4.78 is 1.85. The van der Waals surface area contributed by atoms with Crippen molar-refractivity contribution in [3.8, 4) is 17.1 Å². The van der Waals surface area contributed by atoms with E-state index >= 15 is 0 Å². The Labute approximate surface area is 161 Å². The predicted octanol–water partition coefficient (Wildman–Crippen LogP) is 4.63. The van der Waals surface area contributed by atoms with Crippen LogP contribution in [0.1, 0.15) is 0 Å². The zero-order valence-corrected chi connectivity index (χ0v) is 15.2. The number of benzene rings is 3. The van der Waals surface area contributed by atoms with Crippen LogP contribution in [0, 0.1) is 0 Å². The number of hydrogen-bond donors (Lipinski definition) is 2. The number of phenolic OH excluding ortho intramolecular Hbond substituents is 1. The first-order valence-electron chi connectivity index (χ1n) is 8.92. The summed E-state index contributed by atoms with van der Waals surface area (Å²) in [6, 6.07) is 20.9. The third-order valence-electron chi connectivity index (χ3n) is 4.72. The standard InChI is InChI=1S/C22H17N5O/c1-27-20-10-9-16(11-15(20)13-23-27)24-22-18-7-2-3-8-19(18)25-21(26-22)14-5-4-6-17(28)12-14/h2-13,28H,1H3,(H,24,25,26). The lowest BCUT2D eigenvalue weighted by Gasteiger charge is -2.11. The van der Waals surface area contributed by atoms with Gasteiger partial charge in [-0.25, -0.2) is 9.97 Å². The van der Waals surface area contributed by atoms with E-state index in [2.05, 4.69) is 15.4 Å². The number of rotatable bonds is 3. The number of aromatic nitrogens is 4. The molecule has 6 nitrogen and oxygen atoms in total. The molecule has 0 atom stereocenters. The Morgan fingerprint density at radius 3 is 2.71 bits per heavy atom. The Kier molecular flexibility index (Phi) is 3.69. The fourth-order valence-electron chi connectivity index (χ4n) is 3.32. The molecule has 0 amide bonds. The summed E-state index contributed by atoms with van der Waals surface area (Å²) in [5.41, 5.74) is 3.59. The molecule has 2 N–H and O–H groups in total. The predicted molar refractivity (Wildman–Crippen MR) is 111 cm³/mol. The zero-order chi connectivity index (χ0) is 19.1. The summed E-state index contributed by atoms with van der Waals surface area (Å²) in [7, 11) is 1.93. The highest BCUT2D eigenvalue weighted by Crippen LogP contribution is 2.29. The summed E-state index contributed by atoms with van der Waals surface area (Å²) in [6.07, 6.45) is 1.84. The first-order chi connectivity index (χ1) is 13.7. The molecule has 0 aliphatic heterocycles. The summed E-state index contributed by atoms with van der Waals surface area (Å²) in [6.45, 7) is 0. The van der Waals surface area contributed by atoms with Gasteiger partial charge in [0.2, 0.25) is 0 Å². The fraction of sp³-hybridized carbons (Fsp3) is 0.0455. The number of fused-ring (bicyclic) bond motifs is 2. The Morgan fingerprint density at radius 2 is 1.82 bits per heavy atom. The van der Waals surface area contributed by atoms with E-state index < -0.39 is 0 Å². The van der Waals surface area contributed by atoms with E-state index in [1.54, 1.807) is 18.2 Å². The van der Waals surface area contributed by atoms with Crippen LogP contribution in [-0.4, -0.2) is 24.9 Å². The van der Waals surface area contributed by atoms with Crippen molar-refractivity contribution in [3.63, 3.8) is 0 Å². The molecule has 6 heteroatoms. The van der Waals surface area contributed by atoms with Crippen molar-refractivity contribution in [3.05, 3.63) is 72.9 Å². The highest BCUT2D eigenvalue weighted by molar-refractivity contribution is 5.93. The molecule has 0 spiro atoms. The lowest BCUT2D eigenvalue weighted by Crippen LogP contribution is -1.99. The van der Waals surface area contributed by atoms with Crippen LogP contribution in [-0.2, 0) is 7.05 Å². The molecule has 0 bridgehead atoms. The van der Waals surface area contributed by atoms with Gasteiger partial charge in [-0.05, 0) is 42.5 Å². The molecule has 3 aromatic carbocycles. The third-order valence-corrected chi connectivity index (χ3v) is 4.72. The first kappa shape index (κ1) is 16.3. The van der Waals surface area contributed by atoms with Crippen molar-refractivity contribution < 1.29 is 5.11 Å². The minimum absolute atomic E-state index is 0.186. The number of phenols is 1. The molecule has 0 unspecified atom stereocenters. The highest BCUT2D eigenvalue weighted by atomic mass is 16.3. The smallest absolute Gasteiger partial charge is 0.162 e. The van der Waals surface area contributed by atoms with Gasteiger partial charge in [0, 0.05) is 29.1 Å². The summed E-state index contributed by atoms with van der Waals surface area (Å²) in [4.78, 5) is 9.41. The lowest BCUT2D eigenvalue weighted by molar-refractivity contribution is 0.475. The number of anilines is 2. The largest absolute Gasteiger partial charge is 0.508 e. The van der Waals surface area contributed by atoms with E-state index in [0.29, 0.717) is 11.6 Å². The molecule has 2 heterocycles. The van der Waals surface area contributed by atoms with Crippen molar-refractivity contribution in [1.29, 1.82) is 0 Å². The molecular formula is C22H17N5O. The van der Waals surface area contributed by atoms with Gasteiger partial charge in [0.1, 0.15) is 11.6 Å². The number of aromatic hydroxyl groups is 1. The SMILES string of the molecule is Cn1ncc2cc(Nc3nc(-c4cccc(O)c4)nc4ccccc34)ccc21. The molecule has 0 fully saturated rings. The molecule has 0 aliphatic carbocycles. The number of para-hydroxylation sites is 1. The second-order valence-electron chi connectivity index (χ2n) is 6.63. The molecule has 28 heavy (non-hydrogen) atoms. The lowest BCUT2D eigenvalue weighted by atomic mass is 10.1. The molecule has 2 aromatic heterocycles. The summed E-state index contributed by atoms with van der Waals surface area (Å²) >= 11 is 0.